The molecule has 1 amide bonds. The molecule has 2 nitrogen and oxygen atoms in total. The third kappa shape index (κ3) is 4.19. The first kappa shape index (κ1) is 14.3. The van der Waals surface area contributed by atoms with Gasteiger partial charge in [-0.1, -0.05) is 29.8 Å². The van der Waals surface area contributed by atoms with Crippen LogP contribution in [-0.2, 0) is 6.42 Å². The van der Waals surface area contributed by atoms with Crippen LogP contribution in [0.4, 0.5) is 4.39 Å². The van der Waals surface area contributed by atoms with Crippen LogP contribution in [0.15, 0.2) is 48.5 Å². The van der Waals surface area contributed by atoms with Crippen molar-refractivity contribution in [2.75, 3.05) is 6.54 Å². The summed E-state index contributed by atoms with van der Waals surface area (Å²) in [5.41, 5.74) is 3.01. The largest absolute Gasteiger partial charge is 0.352 e. The molecular formula is C17H18FNO. The predicted molar refractivity (Wildman–Crippen MR) is 78.2 cm³/mol. The molecule has 0 aliphatic rings. The van der Waals surface area contributed by atoms with Crippen LogP contribution in [0.5, 0.6) is 0 Å². The summed E-state index contributed by atoms with van der Waals surface area (Å²) in [6.07, 6.45) is 1.82. The highest BCUT2D eigenvalue weighted by atomic mass is 19.1. The molecule has 0 bridgehead atoms. The molecule has 0 saturated heterocycles. The highest BCUT2D eigenvalue weighted by Crippen LogP contribution is 2.06. The number of hydrogen-bond donors (Lipinski definition) is 1. The van der Waals surface area contributed by atoms with Crippen molar-refractivity contribution in [1.29, 1.82) is 0 Å². The van der Waals surface area contributed by atoms with Crippen LogP contribution in [0.1, 0.15) is 27.9 Å². The number of nitrogens with one attached hydrogen (secondary N) is 1. The van der Waals surface area contributed by atoms with Gasteiger partial charge in [-0.05, 0) is 49.6 Å². The molecule has 104 valence electrons. The Balaban J connectivity index is 1.76. The fourth-order valence-corrected chi connectivity index (χ4v) is 2.07. The van der Waals surface area contributed by atoms with Gasteiger partial charge in [-0.25, -0.2) is 4.39 Å². The van der Waals surface area contributed by atoms with Gasteiger partial charge in [0.25, 0.3) is 5.91 Å². The van der Waals surface area contributed by atoms with E-state index in [2.05, 4.69) is 30.4 Å². The highest BCUT2D eigenvalue weighted by Gasteiger charge is 2.04. The second kappa shape index (κ2) is 6.85. The summed E-state index contributed by atoms with van der Waals surface area (Å²) in [6, 6.07) is 13.9. The molecule has 0 fully saturated rings. The molecule has 0 saturated carbocycles. The Morgan fingerprint density at radius 3 is 2.60 bits per heavy atom. The third-order valence-electron chi connectivity index (χ3n) is 3.12. The number of carbonyl (C=O) groups excluding carboxylic acids is 1. The summed E-state index contributed by atoms with van der Waals surface area (Å²) in [5.74, 6) is -0.491. The summed E-state index contributed by atoms with van der Waals surface area (Å²) in [4.78, 5) is 11.8. The Labute approximate surface area is 118 Å². The van der Waals surface area contributed by atoms with E-state index in [1.807, 2.05) is 6.07 Å². The maximum atomic E-state index is 12.7. The lowest BCUT2D eigenvalue weighted by Crippen LogP contribution is -2.24. The van der Waals surface area contributed by atoms with Gasteiger partial charge in [0.1, 0.15) is 5.82 Å². The van der Waals surface area contributed by atoms with Gasteiger partial charge in [0.15, 0.2) is 0 Å². The fourth-order valence-electron chi connectivity index (χ4n) is 2.07. The maximum absolute atomic E-state index is 12.7. The zero-order valence-electron chi connectivity index (χ0n) is 11.5. The third-order valence-corrected chi connectivity index (χ3v) is 3.12. The summed E-state index contributed by atoms with van der Waals surface area (Å²) in [5, 5.41) is 2.84. The Morgan fingerprint density at radius 2 is 1.90 bits per heavy atom. The first-order chi connectivity index (χ1) is 9.65. The number of hydrogen-bond acceptors (Lipinski definition) is 1. The molecule has 0 unspecified atom stereocenters. The Morgan fingerprint density at radius 1 is 1.15 bits per heavy atom. The van der Waals surface area contributed by atoms with Crippen molar-refractivity contribution in [2.45, 2.75) is 19.8 Å². The summed E-state index contributed by atoms with van der Waals surface area (Å²) in [6.45, 7) is 2.68. The smallest absolute Gasteiger partial charge is 0.251 e. The van der Waals surface area contributed by atoms with E-state index >= 15 is 0 Å². The van der Waals surface area contributed by atoms with Crippen LogP contribution in [-0.4, -0.2) is 12.5 Å². The van der Waals surface area contributed by atoms with E-state index in [0.717, 1.165) is 12.8 Å². The van der Waals surface area contributed by atoms with Gasteiger partial charge < -0.3 is 5.32 Å². The molecule has 0 aliphatic carbocycles. The zero-order chi connectivity index (χ0) is 14.4. The van der Waals surface area contributed by atoms with E-state index in [1.165, 1.54) is 35.4 Å². The fraction of sp³-hybridized carbons (Fsp3) is 0.235. The van der Waals surface area contributed by atoms with E-state index in [-0.39, 0.29) is 11.7 Å². The quantitative estimate of drug-likeness (QED) is 0.829. The van der Waals surface area contributed by atoms with Gasteiger partial charge >= 0.3 is 0 Å². The van der Waals surface area contributed by atoms with Crippen molar-refractivity contribution < 1.29 is 9.18 Å². The molecule has 1 N–H and O–H groups in total. The van der Waals surface area contributed by atoms with E-state index in [9.17, 15) is 9.18 Å². The van der Waals surface area contributed by atoms with Crippen LogP contribution < -0.4 is 5.32 Å². The number of rotatable bonds is 5. The SMILES string of the molecule is Cc1cccc(CCCNC(=O)c2ccc(F)cc2)c1. The lowest BCUT2D eigenvalue weighted by Gasteiger charge is -2.06. The van der Waals surface area contributed by atoms with Crippen molar-refractivity contribution in [3.05, 3.63) is 71.0 Å². The molecule has 0 radical (unpaired) electrons. The molecule has 20 heavy (non-hydrogen) atoms. The topological polar surface area (TPSA) is 29.1 Å². The normalized spacial score (nSPS) is 10.3. The summed E-state index contributed by atoms with van der Waals surface area (Å²) < 4.78 is 12.7. The molecule has 3 heteroatoms. The van der Waals surface area contributed by atoms with Crippen molar-refractivity contribution >= 4 is 5.91 Å². The van der Waals surface area contributed by atoms with Gasteiger partial charge in [0.05, 0.1) is 0 Å². The van der Waals surface area contributed by atoms with Crippen LogP contribution in [0.2, 0.25) is 0 Å². The number of carbonyl (C=O) groups is 1. The van der Waals surface area contributed by atoms with Gasteiger partial charge in [0.2, 0.25) is 0 Å². The number of amides is 1. The van der Waals surface area contributed by atoms with Crippen molar-refractivity contribution in [1.82, 2.24) is 5.32 Å². The van der Waals surface area contributed by atoms with Crippen molar-refractivity contribution in [3.63, 3.8) is 0 Å². The van der Waals surface area contributed by atoms with Gasteiger partial charge in [-0.2, -0.15) is 0 Å². The molecule has 0 heterocycles. The second-order valence-electron chi connectivity index (χ2n) is 4.86. The number of aryl methyl sites for hydroxylation is 2. The molecule has 0 atom stereocenters. The summed E-state index contributed by atoms with van der Waals surface area (Å²) in [7, 11) is 0. The molecular weight excluding hydrogens is 253 g/mol. The monoisotopic (exact) mass is 271 g/mol. The zero-order valence-corrected chi connectivity index (χ0v) is 11.5. The Bertz CT molecular complexity index is 578. The average molecular weight is 271 g/mol. The first-order valence-electron chi connectivity index (χ1n) is 6.74. The standard InChI is InChI=1S/C17H18FNO/c1-13-4-2-5-14(12-13)6-3-11-19-17(20)15-7-9-16(18)10-8-15/h2,4-5,7-10,12H,3,6,11H2,1H3,(H,19,20). The molecule has 2 rings (SSSR count). The predicted octanol–water partition coefficient (Wildman–Crippen LogP) is 3.50. The van der Waals surface area contributed by atoms with Crippen molar-refractivity contribution in [3.8, 4) is 0 Å². The van der Waals surface area contributed by atoms with Crippen molar-refractivity contribution in [2.24, 2.45) is 0 Å². The lowest BCUT2D eigenvalue weighted by molar-refractivity contribution is 0.0953. The van der Waals surface area contributed by atoms with E-state index in [0.29, 0.717) is 12.1 Å². The number of benzene rings is 2. The van der Waals surface area contributed by atoms with E-state index in [4.69, 9.17) is 0 Å². The molecule has 0 aliphatic heterocycles. The van der Waals surface area contributed by atoms with Gasteiger partial charge in [-0.15, -0.1) is 0 Å². The Kier molecular flexibility index (Phi) is 4.88. The molecule has 0 aromatic heterocycles. The van der Waals surface area contributed by atoms with E-state index in [1.54, 1.807) is 0 Å². The van der Waals surface area contributed by atoms with Crippen LogP contribution >= 0.6 is 0 Å². The highest BCUT2D eigenvalue weighted by molar-refractivity contribution is 5.94. The minimum atomic E-state index is -0.332. The summed E-state index contributed by atoms with van der Waals surface area (Å²) >= 11 is 0. The van der Waals surface area contributed by atoms with Gasteiger partial charge in [0, 0.05) is 12.1 Å². The minimum absolute atomic E-state index is 0.158. The number of halogens is 1. The Hall–Kier alpha value is -2.16. The minimum Gasteiger partial charge on any atom is -0.352 e. The molecule has 2 aromatic rings. The lowest BCUT2D eigenvalue weighted by atomic mass is 10.1. The van der Waals surface area contributed by atoms with Crippen LogP contribution in [0.3, 0.4) is 0 Å². The maximum Gasteiger partial charge on any atom is 0.251 e. The van der Waals surface area contributed by atoms with Gasteiger partial charge in [-0.3, -0.25) is 4.79 Å². The van der Waals surface area contributed by atoms with Crippen LogP contribution in [0, 0.1) is 12.7 Å². The second-order valence-corrected chi connectivity index (χ2v) is 4.86. The van der Waals surface area contributed by atoms with E-state index < -0.39 is 0 Å². The van der Waals surface area contributed by atoms with Crippen LogP contribution in [0.25, 0.3) is 0 Å². The average Bonchev–Trinajstić information content (AvgIpc) is 2.44. The molecule has 0 spiro atoms. The first-order valence-corrected chi connectivity index (χ1v) is 6.74. The molecule has 2 aromatic carbocycles.